The van der Waals surface area contributed by atoms with Gasteiger partial charge in [0.25, 0.3) is 0 Å². The van der Waals surface area contributed by atoms with Gasteiger partial charge in [0.15, 0.2) is 0 Å². The van der Waals surface area contributed by atoms with Gasteiger partial charge in [-0.3, -0.25) is 4.90 Å². The van der Waals surface area contributed by atoms with Gasteiger partial charge in [0.2, 0.25) is 0 Å². The summed E-state index contributed by atoms with van der Waals surface area (Å²) in [6, 6.07) is 3.86. The van der Waals surface area contributed by atoms with Crippen LogP contribution < -0.4 is 0 Å². The van der Waals surface area contributed by atoms with E-state index in [-0.39, 0.29) is 12.6 Å². The number of aliphatic hydroxyl groups excluding tert-OH is 1. The van der Waals surface area contributed by atoms with Gasteiger partial charge in [-0.15, -0.1) is 11.3 Å². The van der Waals surface area contributed by atoms with Crippen LogP contribution in [0, 0.1) is 5.92 Å². The molecule has 0 saturated carbocycles. The summed E-state index contributed by atoms with van der Waals surface area (Å²) < 4.78 is 5.39. The summed E-state index contributed by atoms with van der Waals surface area (Å²) in [6.07, 6.45) is 2.25. The molecule has 0 radical (unpaired) electrons. The van der Waals surface area contributed by atoms with Crippen LogP contribution >= 0.6 is 11.3 Å². The zero-order valence-corrected chi connectivity index (χ0v) is 13.9. The van der Waals surface area contributed by atoms with Gasteiger partial charge >= 0.3 is 5.97 Å². The minimum atomic E-state index is -0.456. The smallest absolute Gasteiger partial charge is 0.348 e. The molecular weight excluding hydrogens is 286 g/mol. The van der Waals surface area contributed by atoms with Crippen LogP contribution in [0.1, 0.15) is 48.2 Å². The van der Waals surface area contributed by atoms with Crippen LogP contribution in [0.25, 0.3) is 0 Å². The number of aliphatic hydroxyl groups is 1. The molecule has 1 saturated heterocycles. The molecule has 0 aromatic carbocycles. The fourth-order valence-electron chi connectivity index (χ4n) is 2.57. The summed E-state index contributed by atoms with van der Waals surface area (Å²) in [7, 11) is 0. The zero-order valence-electron chi connectivity index (χ0n) is 13.1. The van der Waals surface area contributed by atoms with Crippen molar-refractivity contribution in [3.63, 3.8) is 0 Å². The topological polar surface area (TPSA) is 49.8 Å². The second-order valence-electron chi connectivity index (χ2n) is 6.69. The summed E-state index contributed by atoms with van der Waals surface area (Å²) in [5.74, 6) is 0.148. The van der Waals surface area contributed by atoms with Crippen molar-refractivity contribution in [3.05, 3.63) is 21.9 Å². The van der Waals surface area contributed by atoms with Gasteiger partial charge in [-0.1, -0.05) is 0 Å². The maximum absolute atomic E-state index is 12.0. The van der Waals surface area contributed by atoms with E-state index in [9.17, 15) is 9.90 Å². The molecular formula is C16H25NO3S. The molecule has 1 aromatic heterocycles. The van der Waals surface area contributed by atoms with Crippen LogP contribution in [0.2, 0.25) is 0 Å². The fraction of sp³-hybridized carbons (Fsp3) is 0.688. The van der Waals surface area contributed by atoms with Crippen molar-refractivity contribution < 1.29 is 14.6 Å². The summed E-state index contributed by atoms with van der Waals surface area (Å²) in [4.78, 5) is 16.2. The molecule has 2 heterocycles. The molecule has 118 valence electrons. The van der Waals surface area contributed by atoms with Gasteiger partial charge in [0.1, 0.15) is 10.5 Å². The van der Waals surface area contributed by atoms with E-state index in [1.54, 1.807) is 0 Å². The van der Waals surface area contributed by atoms with E-state index < -0.39 is 5.60 Å². The van der Waals surface area contributed by atoms with Gasteiger partial charge in [0, 0.05) is 24.6 Å². The Kier molecular flexibility index (Phi) is 5.41. The van der Waals surface area contributed by atoms with Gasteiger partial charge in [-0.05, 0) is 58.2 Å². The van der Waals surface area contributed by atoms with Crippen LogP contribution in [0.5, 0.6) is 0 Å². The monoisotopic (exact) mass is 311 g/mol. The number of thiophene rings is 1. The molecule has 1 unspecified atom stereocenters. The number of esters is 1. The van der Waals surface area contributed by atoms with Crippen molar-refractivity contribution in [2.45, 2.75) is 45.8 Å². The second kappa shape index (κ2) is 6.90. The first-order chi connectivity index (χ1) is 9.87. The molecule has 1 atom stereocenters. The lowest BCUT2D eigenvalue weighted by molar-refractivity contribution is 0.00752. The Morgan fingerprint density at radius 2 is 2.24 bits per heavy atom. The van der Waals surface area contributed by atoms with Crippen molar-refractivity contribution in [1.29, 1.82) is 0 Å². The molecule has 4 nitrogen and oxygen atoms in total. The van der Waals surface area contributed by atoms with Crippen molar-refractivity contribution >= 4 is 17.3 Å². The lowest BCUT2D eigenvalue weighted by Gasteiger charge is -2.31. The molecule has 1 aliphatic heterocycles. The normalized spacial score (nSPS) is 20.5. The highest BCUT2D eigenvalue weighted by atomic mass is 32.1. The zero-order chi connectivity index (χ0) is 15.5. The van der Waals surface area contributed by atoms with Gasteiger partial charge in [-0.2, -0.15) is 0 Å². The van der Waals surface area contributed by atoms with E-state index in [1.807, 2.05) is 32.9 Å². The second-order valence-corrected chi connectivity index (χ2v) is 7.86. The standard InChI is InChI=1S/C16H25NO3S/c1-16(2,3)20-15(19)14-7-6-13(21-14)10-17-8-4-5-12(9-17)11-18/h6-7,12,18H,4-5,8-11H2,1-3H3. The van der Waals surface area contributed by atoms with E-state index >= 15 is 0 Å². The number of piperidine rings is 1. The Hall–Kier alpha value is -0.910. The molecule has 1 aromatic rings. The number of nitrogens with zero attached hydrogens (tertiary/aromatic N) is 1. The van der Waals surface area contributed by atoms with E-state index in [4.69, 9.17) is 4.74 Å². The molecule has 5 heteroatoms. The average molecular weight is 311 g/mol. The molecule has 0 amide bonds. The van der Waals surface area contributed by atoms with Crippen molar-refractivity contribution in [2.24, 2.45) is 5.92 Å². The first-order valence-electron chi connectivity index (χ1n) is 7.52. The highest BCUT2D eigenvalue weighted by Crippen LogP contribution is 2.24. The lowest BCUT2D eigenvalue weighted by atomic mass is 9.99. The fourth-order valence-corrected chi connectivity index (χ4v) is 3.49. The maximum atomic E-state index is 12.0. The van der Waals surface area contributed by atoms with Crippen LogP contribution in [0.4, 0.5) is 0 Å². The third-order valence-electron chi connectivity index (χ3n) is 3.50. The predicted molar refractivity (Wildman–Crippen MR) is 84.6 cm³/mol. The maximum Gasteiger partial charge on any atom is 0.348 e. The number of hydrogen-bond donors (Lipinski definition) is 1. The van der Waals surface area contributed by atoms with Crippen LogP contribution in [0.15, 0.2) is 12.1 Å². The quantitative estimate of drug-likeness (QED) is 0.869. The van der Waals surface area contributed by atoms with E-state index in [1.165, 1.54) is 16.2 Å². The molecule has 0 bridgehead atoms. The van der Waals surface area contributed by atoms with E-state index in [0.29, 0.717) is 10.8 Å². The van der Waals surface area contributed by atoms with Crippen molar-refractivity contribution in [3.8, 4) is 0 Å². The Morgan fingerprint density at radius 3 is 2.90 bits per heavy atom. The SMILES string of the molecule is CC(C)(C)OC(=O)c1ccc(CN2CCCC(CO)C2)s1. The number of hydrogen-bond acceptors (Lipinski definition) is 5. The van der Waals surface area contributed by atoms with Crippen LogP contribution in [-0.4, -0.2) is 41.3 Å². The summed E-state index contributed by atoms with van der Waals surface area (Å²) in [6.45, 7) is 8.76. The predicted octanol–water partition coefficient (Wildman–Crippen LogP) is 2.91. The molecule has 2 rings (SSSR count). The number of carbonyl (C=O) groups is 1. The minimum Gasteiger partial charge on any atom is -0.456 e. The Labute approximate surface area is 130 Å². The molecule has 0 aliphatic carbocycles. The van der Waals surface area contributed by atoms with Crippen LogP contribution in [0.3, 0.4) is 0 Å². The molecule has 1 N–H and O–H groups in total. The Bertz CT molecular complexity index is 478. The summed E-state index contributed by atoms with van der Waals surface area (Å²) >= 11 is 1.51. The largest absolute Gasteiger partial charge is 0.456 e. The minimum absolute atomic E-state index is 0.245. The summed E-state index contributed by atoms with van der Waals surface area (Å²) in [5, 5.41) is 9.27. The lowest BCUT2D eigenvalue weighted by Crippen LogP contribution is -2.36. The van der Waals surface area contributed by atoms with Crippen molar-refractivity contribution in [1.82, 2.24) is 4.90 Å². The Morgan fingerprint density at radius 1 is 1.48 bits per heavy atom. The summed E-state index contributed by atoms with van der Waals surface area (Å²) in [5.41, 5.74) is -0.456. The number of rotatable bonds is 4. The average Bonchev–Trinajstić information content (AvgIpc) is 2.85. The van der Waals surface area contributed by atoms with Gasteiger partial charge in [-0.25, -0.2) is 4.79 Å². The van der Waals surface area contributed by atoms with Crippen LogP contribution in [-0.2, 0) is 11.3 Å². The van der Waals surface area contributed by atoms with Gasteiger partial charge in [0.05, 0.1) is 0 Å². The van der Waals surface area contributed by atoms with E-state index in [2.05, 4.69) is 4.90 Å². The number of likely N-dealkylation sites (tertiary alicyclic amines) is 1. The third kappa shape index (κ3) is 5.09. The number of carbonyl (C=O) groups excluding carboxylic acids is 1. The first kappa shape index (κ1) is 16.5. The first-order valence-corrected chi connectivity index (χ1v) is 8.34. The highest BCUT2D eigenvalue weighted by molar-refractivity contribution is 7.13. The molecule has 0 spiro atoms. The molecule has 21 heavy (non-hydrogen) atoms. The number of ether oxygens (including phenoxy) is 1. The molecule has 1 aliphatic rings. The highest BCUT2D eigenvalue weighted by Gasteiger charge is 2.22. The van der Waals surface area contributed by atoms with Gasteiger partial charge < -0.3 is 9.84 Å². The van der Waals surface area contributed by atoms with E-state index in [0.717, 1.165) is 32.5 Å². The molecule has 1 fully saturated rings. The third-order valence-corrected chi connectivity index (χ3v) is 4.55. The Balaban J connectivity index is 1.92. The van der Waals surface area contributed by atoms with Crippen molar-refractivity contribution in [2.75, 3.05) is 19.7 Å².